The molecule has 6 heterocycles. The molecule has 2 unspecified atom stereocenters. The van der Waals surface area contributed by atoms with Gasteiger partial charge in [0.15, 0.2) is 5.82 Å². The lowest BCUT2D eigenvalue weighted by molar-refractivity contribution is 0.0832. The standard InChI is InChI=1S/C34H36BrFN6O2/c35-26-6-1-4-19-12-23(43)13-24(28(19)26)30-29(36)31-25(15-37-30)32(41-16-21-8-9-22(17-41)38-21)40-33(39-31)44-18-34-10-3-11-42(34)27-7-2-5-20(27)14-34/h1,4,6,12-13,15,20-22,27,38,43H,2-3,5,7-11,14,16-18H2/t20-,21?,22?,27-,34-/m0/s1. The molecule has 0 amide bonds. The number of anilines is 1. The van der Waals surface area contributed by atoms with Gasteiger partial charge < -0.3 is 20.1 Å². The van der Waals surface area contributed by atoms with Crippen molar-refractivity contribution in [2.45, 2.75) is 75.0 Å². The summed E-state index contributed by atoms with van der Waals surface area (Å²) in [6.45, 7) is 3.27. The van der Waals surface area contributed by atoms with E-state index in [4.69, 9.17) is 14.7 Å². The number of piperazine rings is 1. The van der Waals surface area contributed by atoms with Crippen molar-refractivity contribution in [3.63, 3.8) is 0 Å². The zero-order chi connectivity index (χ0) is 29.6. The van der Waals surface area contributed by atoms with Crippen LogP contribution in [-0.4, -0.2) is 74.9 Å². The lowest BCUT2D eigenvalue weighted by Gasteiger charge is -2.35. The Labute approximate surface area is 264 Å². The number of benzene rings is 2. The molecule has 44 heavy (non-hydrogen) atoms. The summed E-state index contributed by atoms with van der Waals surface area (Å²) in [5, 5.41) is 16.4. The van der Waals surface area contributed by atoms with Crippen LogP contribution in [0.3, 0.4) is 0 Å². The summed E-state index contributed by atoms with van der Waals surface area (Å²) in [6, 6.07) is 10.6. The van der Waals surface area contributed by atoms with Gasteiger partial charge in [-0.05, 0) is 81.0 Å². The largest absolute Gasteiger partial charge is 0.508 e. The first kappa shape index (κ1) is 27.2. The number of phenolic OH excluding ortho intramolecular Hbond substituents is 1. The summed E-state index contributed by atoms with van der Waals surface area (Å²) in [4.78, 5) is 19.4. The highest BCUT2D eigenvalue weighted by Crippen LogP contribution is 2.51. The number of phenols is 1. The van der Waals surface area contributed by atoms with Crippen LogP contribution in [-0.2, 0) is 0 Å². The maximum Gasteiger partial charge on any atom is 0.319 e. The van der Waals surface area contributed by atoms with Crippen molar-refractivity contribution >= 4 is 43.4 Å². The van der Waals surface area contributed by atoms with Crippen LogP contribution in [0.1, 0.15) is 51.4 Å². The SMILES string of the molecule is Oc1cc(-c2ncc3c(N4CC5CCC(C4)N5)nc(OC[C@@]45CCCN4[C@H]4CCC[C@H]4C5)nc3c2F)c2c(Br)cccc2c1. The number of nitrogens with one attached hydrogen (secondary N) is 1. The maximum atomic E-state index is 16.8. The van der Waals surface area contributed by atoms with Crippen molar-refractivity contribution in [3.05, 3.63) is 46.8 Å². The van der Waals surface area contributed by atoms with E-state index in [2.05, 4.69) is 36.0 Å². The van der Waals surface area contributed by atoms with Gasteiger partial charge in [0.1, 0.15) is 29.4 Å². The molecule has 1 aliphatic carbocycles. The van der Waals surface area contributed by atoms with E-state index in [0.717, 1.165) is 60.1 Å². The van der Waals surface area contributed by atoms with Crippen molar-refractivity contribution in [2.24, 2.45) is 5.92 Å². The molecule has 0 radical (unpaired) electrons. The molecule has 228 valence electrons. The van der Waals surface area contributed by atoms with Crippen molar-refractivity contribution in [3.8, 4) is 23.0 Å². The number of rotatable bonds is 5. The molecule has 2 aromatic heterocycles. The fraction of sp³-hybridized carbons (Fsp3) is 0.500. The molecule has 9 rings (SSSR count). The molecule has 4 saturated heterocycles. The minimum atomic E-state index is -0.534. The summed E-state index contributed by atoms with van der Waals surface area (Å²) in [5.41, 5.74) is 0.878. The highest BCUT2D eigenvalue weighted by atomic mass is 79.9. The second-order valence-corrected chi connectivity index (χ2v) is 14.5. The molecule has 5 fully saturated rings. The second kappa shape index (κ2) is 10.2. The Morgan fingerprint density at radius 2 is 1.95 bits per heavy atom. The van der Waals surface area contributed by atoms with Crippen LogP contribution in [0.4, 0.5) is 10.2 Å². The molecule has 5 atom stereocenters. The second-order valence-electron chi connectivity index (χ2n) is 13.7. The van der Waals surface area contributed by atoms with Gasteiger partial charge in [0.05, 0.1) is 10.9 Å². The molecule has 2 bridgehead atoms. The number of halogens is 2. The molecule has 8 nitrogen and oxygen atoms in total. The van der Waals surface area contributed by atoms with Crippen LogP contribution < -0.4 is 15.0 Å². The molecular weight excluding hydrogens is 623 g/mol. The van der Waals surface area contributed by atoms with Crippen LogP contribution in [0.15, 0.2) is 41.0 Å². The summed E-state index contributed by atoms with van der Waals surface area (Å²) in [5.74, 6) is 0.961. The third kappa shape index (κ3) is 4.24. The Morgan fingerprint density at radius 3 is 2.82 bits per heavy atom. The van der Waals surface area contributed by atoms with E-state index >= 15 is 4.39 Å². The number of hydrogen-bond acceptors (Lipinski definition) is 8. The fourth-order valence-corrected chi connectivity index (χ4v) is 9.90. The number of aromatic nitrogens is 3. The van der Waals surface area contributed by atoms with Crippen molar-refractivity contribution in [2.75, 3.05) is 31.1 Å². The van der Waals surface area contributed by atoms with E-state index in [1.54, 1.807) is 18.3 Å². The van der Waals surface area contributed by atoms with Gasteiger partial charge in [-0.25, -0.2) is 4.39 Å². The van der Waals surface area contributed by atoms with E-state index in [1.807, 2.05) is 18.2 Å². The first-order valence-corrected chi connectivity index (χ1v) is 16.9. The summed E-state index contributed by atoms with van der Waals surface area (Å²) < 4.78 is 24.1. The average Bonchev–Trinajstić information content (AvgIpc) is 3.77. The Bertz CT molecular complexity index is 1790. The van der Waals surface area contributed by atoms with Gasteiger partial charge in [-0.3, -0.25) is 9.88 Å². The van der Waals surface area contributed by atoms with Gasteiger partial charge in [0.25, 0.3) is 0 Å². The number of fused-ring (bicyclic) bond motifs is 7. The van der Waals surface area contributed by atoms with Gasteiger partial charge >= 0.3 is 6.01 Å². The van der Waals surface area contributed by atoms with E-state index in [0.29, 0.717) is 41.5 Å². The first-order chi connectivity index (χ1) is 21.5. The number of pyridine rings is 1. The number of hydrogen-bond donors (Lipinski definition) is 2. The minimum absolute atomic E-state index is 0.0249. The minimum Gasteiger partial charge on any atom is -0.508 e. The van der Waals surface area contributed by atoms with Crippen molar-refractivity contribution < 1.29 is 14.2 Å². The lowest BCUT2D eigenvalue weighted by Crippen LogP contribution is -2.51. The highest BCUT2D eigenvalue weighted by molar-refractivity contribution is 9.10. The normalized spacial score (nSPS) is 29.5. The zero-order valence-electron chi connectivity index (χ0n) is 24.6. The number of ether oxygens (including phenoxy) is 1. The van der Waals surface area contributed by atoms with Gasteiger partial charge in [-0.15, -0.1) is 0 Å². The van der Waals surface area contributed by atoms with Crippen LogP contribution >= 0.6 is 15.9 Å². The lowest BCUT2D eigenvalue weighted by atomic mass is 9.90. The number of nitrogens with zero attached hydrogens (tertiary/aromatic N) is 5. The Morgan fingerprint density at radius 1 is 1.09 bits per heavy atom. The molecular formula is C34H36BrFN6O2. The predicted octanol–water partition coefficient (Wildman–Crippen LogP) is 6.18. The first-order valence-electron chi connectivity index (χ1n) is 16.1. The Hall–Kier alpha value is -3.08. The van der Waals surface area contributed by atoms with Gasteiger partial charge in [0.2, 0.25) is 0 Å². The molecule has 5 aliphatic rings. The van der Waals surface area contributed by atoms with E-state index in [-0.39, 0.29) is 28.5 Å². The van der Waals surface area contributed by atoms with Crippen LogP contribution in [0, 0.1) is 11.7 Å². The topological polar surface area (TPSA) is 86.6 Å². The van der Waals surface area contributed by atoms with E-state index in [1.165, 1.54) is 32.1 Å². The van der Waals surface area contributed by atoms with Gasteiger partial charge in [0, 0.05) is 52.8 Å². The van der Waals surface area contributed by atoms with Crippen LogP contribution in [0.2, 0.25) is 0 Å². The third-order valence-corrected chi connectivity index (χ3v) is 11.8. The van der Waals surface area contributed by atoms with Gasteiger partial charge in [-0.1, -0.05) is 34.5 Å². The summed E-state index contributed by atoms with van der Waals surface area (Å²) in [6.07, 6.45) is 11.4. The average molecular weight is 660 g/mol. The summed E-state index contributed by atoms with van der Waals surface area (Å²) in [7, 11) is 0. The van der Waals surface area contributed by atoms with E-state index < -0.39 is 5.82 Å². The molecule has 2 aromatic carbocycles. The van der Waals surface area contributed by atoms with Gasteiger partial charge in [-0.2, -0.15) is 9.97 Å². The number of aromatic hydroxyl groups is 1. The molecule has 0 spiro atoms. The molecule has 10 heteroatoms. The Balaban J connectivity index is 1.16. The Kier molecular flexibility index (Phi) is 6.33. The third-order valence-electron chi connectivity index (χ3n) is 11.1. The monoisotopic (exact) mass is 658 g/mol. The molecule has 1 saturated carbocycles. The van der Waals surface area contributed by atoms with Crippen LogP contribution in [0.5, 0.6) is 11.8 Å². The molecule has 2 N–H and O–H groups in total. The predicted molar refractivity (Wildman–Crippen MR) is 172 cm³/mol. The smallest absolute Gasteiger partial charge is 0.319 e. The quantitative estimate of drug-likeness (QED) is 0.263. The molecule has 4 aliphatic heterocycles. The summed E-state index contributed by atoms with van der Waals surface area (Å²) >= 11 is 3.63. The molecule has 4 aromatic rings. The zero-order valence-corrected chi connectivity index (χ0v) is 26.2. The van der Waals surface area contributed by atoms with E-state index in [9.17, 15) is 5.11 Å². The highest BCUT2D eigenvalue weighted by Gasteiger charge is 2.55. The van der Waals surface area contributed by atoms with Crippen molar-refractivity contribution in [1.82, 2.24) is 25.2 Å². The maximum absolute atomic E-state index is 16.8. The van der Waals surface area contributed by atoms with Crippen molar-refractivity contribution in [1.29, 1.82) is 0 Å². The van der Waals surface area contributed by atoms with Crippen LogP contribution in [0.25, 0.3) is 32.9 Å². The fourth-order valence-electron chi connectivity index (χ4n) is 9.30.